The Balaban J connectivity index is 2.03. The van der Waals surface area contributed by atoms with Crippen molar-refractivity contribution in [3.63, 3.8) is 0 Å². The number of aromatic nitrogens is 1. The Kier molecular flexibility index (Phi) is 7.55. The summed E-state index contributed by atoms with van der Waals surface area (Å²) in [5, 5.41) is 2.79. The van der Waals surface area contributed by atoms with Crippen LogP contribution in [0.4, 0.5) is 5.69 Å². The number of nitrogens with one attached hydrogen (secondary N) is 3. The number of Topliss-reactive ketones (excluding diaryl/α,β-unsaturated/α-hetero) is 1. The van der Waals surface area contributed by atoms with Gasteiger partial charge in [0.25, 0.3) is 5.91 Å². The Bertz CT molecular complexity index is 904. The molecule has 1 aromatic carbocycles. The van der Waals surface area contributed by atoms with Crippen molar-refractivity contribution in [1.82, 2.24) is 4.98 Å². The molecule has 0 radical (unpaired) electrons. The van der Waals surface area contributed by atoms with Gasteiger partial charge in [-0.1, -0.05) is 6.07 Å². The highest BCUT2D eigenvalue weighted by Gasteiger charge is 2.27. The van der Waals surface area contributed by atoms with E-state index in [4.69, 9.17) is 9.47 Å². The second kappa shape index (κ2) is 9.88. The number of carbonyl (C=O) groups excluding carboxylic acids is 3. The number of ketones is 1. The van der Waals surface area contributed by atoms with Crippen molar-refractivity contribution in [2.75, 3.05) is 39.2 Å². The van der Waals surface area contributed by atoms with Crippen LogP contribution in [0.3, 0.4) is 0 Å². The minimum absolute atomic E-state index is 0.0655. The molecule has 1 unspecified atom stereocenters. The van der Waals surface area contributed by atoms with Gasteiger partial charge in [0, 0.05) is 23.1 Å². The summed E-state index contributed by atoms with van der Waals surface area (Å²) in [6.07, 6.45) is 0. The summed E-state index contributed by atoms with van der Waals surface area (Å²) in [7, 11) is 3.31. The standard InChI is InChI=1S/C21H27N3O5/c1-6-29-21(27)20-14(3)22-13(2)19(20)17(25)11-24(4)12-18(26)23-15-8-7-9-16(10-15)28-5/h7-10,22H,6,11-12H2,1-5H3,(H,23,26)/p+1. The number of benzene rings is 1. The maximum Gasteiger partial charge on any atom is 0.340 e. The quantitative estimate of drug-likeness (QED) is 0.431. The van der Waals surface area contributed by atoms with Gasteiger partial charge in [0.05, 0.1) is 31.9 Å². The van der Waals surface area contributed by atoms with Crippen molar-refractivity contribution in [2.45, 2.75) is 20.8 Å². The molecule has 156 valence electrons. The number of H-pyrrole nitrogens is 1. The van der Waals surface area contributed by atoms with Gasteiger partial charge >= 0.3 is 5.97 Å². The normalized spacial score (nSPS) is 11.6. The maximum absolute atomic E-state index is 12.8. The van der Waals surface area contributed by atoms with Gasteiger partial charge in [-0.05, 0) is 32.9 Å². The summed E-state index contributed by atoms with van der Waals surface area (Å²) in [6.45, 7) is 5.58. The van der Waals surface area contributed by atoms with E-state index in [0.29, 0.717) is 33.3 Å². The molecule has 0 saturated carbocycles. The average molecular weight is 402 g/mol. The Labute approximate surface area is 170 Å². The molecular weight excluding hydrogens is 374 g/mol. The lowest BCUT2D eigenvalue weighted by Gasteiger charge is -2.14. The first-order valence-corrected chi connectivity index (χ1v) is 9.41. The third-order valence-electron chi connectivity index (χ3n) is 4.41. The van der Waals surface area contributed by atoms with Gasteiger partial charge in [0.1, 0.15) is 12.3 Å². The molecule has 1 aromatic heterocycles. The van der Waals surface area contributed by atoms with E-state index in [2.05, 4.69) is 10.3 Å². The van der Waals surface area contributed by atoms with Crippen LogP contribution in [-0.2, 0) is 9.53 Å². The summed E-state index contributed by atoms with van der Waals surface area (Å²) >= 11 is 0. The SMILES string of the molecule is CCOC(=O)c1c(C)[nH]c(C)c1C(=O)C[NH+](C)CC(=O)Nc1cccc(OC)c1. The third-order valence-corrected chi connectivity index (χ3v) is 4.41. The molecule has 1 amide bonds. The van der Waals surface area contributed by atoms with E-state index in [-0.39, 0.29) is 37.0 Å². The predicted molar refractivity (Wildman–Crippen MR) is 109 cm³/mol. The molecule has 0 bridgehead atoms. The minimum atomic E-state index is -0.522. The first-order chi connectivity index (χ1) is 13.8. The Hall–Kier alpha value is -3.13. The monoisotopic (exact) mass is 402 g/mol. The third kappa shape index (κ3) is 5.68. The van der Waals surface area contributed by atoms with Crippen LogP contribution in [0.5, 0.6) is 5.75 Å². The lowest BCUT2D eigenvalue weighted by atomic mass is 10.0. The van der Waals surface area contributed by atoms with E-state index in [1.54, 1.807) is 59.2 Å². The number of hydrogen-bond donors (Lipinski definition) is 3. The van der Waals surface area contributed by atoms with Crippen molar-refractivity contribution < 1.29 is 28.8 Å². The van der Waals surface area contributed by atoms with Crippen LogP contribution in [0.2, 0.25) is 0 Å². The highest BCUT2D eigenvalue weighted by molar-refractivity contribution is 6.08. The summed E-state index contributed by atoms with van der Waals surface area (Å²) in [6, 6.07) is 7.05. The van der Waals surface area contributed by atoms with Crippen molar-refractivity contribution >= 4 is 23.3 Å². The smallest absolute Gasteiger partial charge is 0.340 e. The van der Waals surface area contributed by atoms with Gasteiger partial charge in [-0.2, -0.15) is 0 Å². The molecule has 8 nitrogen and oxygen atoms in total. The van der Waals surface area contributed by atoms with Crippen LogP contribution >= 0.6 is 0 Å². The lowest BCUT2D eigenvalue weighted by molar-refractivity contribution is -0.861. The van der Waals surface area contributed by atoms with Crippen molar-refractivity contribution in [1.29, 1.82) is 0 Å². The van der Waals surface area contributed by atoms with Gasteiger partial charge in [-0.15, -0.1) is 0 Å². The van der Waals surface area contributed by atoms with Gasteiger partial charge in [-0.3, -0.25) is 9.59 Å². The van der Waals surface area contributed by atoms with Crippen molar-refractivity contribution in [2.24, 2.45) is 0 Å². The fourth-order valence-electron chi connectivity index (χ4n) is 3.19. The van der Waals surface area contributed by atoms with Crippen molar-refractivity contribution in [3.8, 4) is 5.75 Å². The second-order valence-electron chi connectivity index (χ2n) is 6.86. The van der Waals surface area contributed by atoms with Crippen LogP contribution in [0.1, 0.15) is 39.0 Å². The Morgan fingerprint density at radius 2 is 1.79 bits per heavy atom. The number of aryl methyl sites for hydroxylation is 2. The number of esters is 1. The zero-order valence-electron chi connectivity index (χ0n) is 17.5. The molecule has 0 aliphatic carbocycles. The van der Waals surface area contributed by atoms with Crippen molar-refractivity contribution in [3.05, 3.63) is 46.8 Å². The van der Waals surface area contributed by atoms with E-state index >= 15 is 0 Å². The van der Waals surface area contributed by atoms with Gasteiger partial charge in [-0.25, -0.2) is 4.79 Å². The van der Waals surface area contributed by atoms with E-state index in [1.165, 1.54) is 0 Å². The van der Waals surface area contributed by atoms with Gasteiger partial charge in [0.15, 0.2) is 6.54 Å². The van der Waals surface area contributed by atoms with E-state index < -0.39 is 5.97 Å². The van der Waals surface area contributed by atoms with Crippen LogP contribution in [0, 0.1) is 13.8 Å². The highest BCUT2D eigenvalue weighted by atomic mass is 16.5. The molecular formula is C21H28N3O5+. The maximum atomic E-state index is 12.8. The van der Waals surface area contributed by atoms with Gasteiger partial charge < -0.3 is 24.7 Å². The number of hydrogen-bond acceptors (Lipinski definition) is 5. The Morgan fingerprint density at radius 3 is 2.45 bits per heavy atom. The van der Waals surface area contributed by atoms with E-state index in [0.717, 1.165) is 0 Å². The number of anilines is 1. The van der Waals surface area contributed by atoms with E-state index in [9.17, 15) is 14.4 Å². The number of methoxy groups -OCH3 is 1. The zero-order valence-corrected chi connectivity index (χ0v) is 17.5. The number of carbonyl (C=O) groups is 3. The molecule has 2 rings (SSSR count). The molecule has 1 heterocycles. The molecule has 29 heavy (non-hydrogen) atoms. The molecule has 2 aromatic rings. The largest absolute Gasteiger partial charge is 0.497 e. The van der Waals surface area contributed by atoms with E-state index in [1.807, 2.05) is 0 Å². The molecule has 0 aliphatic rings. The number of ether oxygens (including phenoxy) is 2. The number of quaternary nitrogens is 1. The summed E-state index contributed by atoms with van der Waals surface area (Å²) in [5.41, 5.74) is 2.42. The van der Waals surface area contributed by atoms with Crippen LogP contribution < -0.4 is 15.0 Å². The Morgan fingerprint density at radius 1 is 1.10 bits per heavy atom. The molecule has 1 atom stereocenters. The molecule has 8 heteroatoms. The molecule has 0 saturated heterocycles. The fraction of sp³-hybridized carbons (Fsp3) is 0.381. The topological polar surface area (TPSA) is 102 Å². The van der Waals surface area contributed by atoms with Gasteiger partial charge in [0.2, 0.25) is 5.78 Å². The molecule has 0 aliphatic heterocycles. The predicted octanol–water partition coefficient (Wildman–Crippen LogP) is 1.15. The summed E-state index contributed by atoms with van der Waals surface area (Å²) in [5.74, 6) is -0.327. The highest BCUT2D eigenvalue weighted by Crippen LogP contribution is 2.20. The number of likely N-dealkylation sites (N-methyl/N-ethyl adjacent to an activating group) is 1. The first kappa shape index (κ1) is 22.2. The number of amides is 1. The molecule has 3 N–H and O–H groups in total. The fourth-order valence-corrected chi connectivity index (χ4v) is 3.19. The van der Waals surface area contributed by atoms with Crippen LogP contribution in [-0.4, -0.2) is 56.5 Å². The zero-order chi connectivity index (χ0) is 21.6. The first-order valence-electron chi connectivity index (χ1n) is 9.41. The minimum Gasteiger partial charge on any atom is -0.497 e. The summed E-state index contributed by atoms with van der Waals surface area (Å²) < 4.78 is 10.2. The summed E-state index contributed by atoms with van der Waals surface area (Å²) in [4.78, 5) is 41.1. The van der Waals surface area contributed by atoms with Crippen LogP contribution in [0.25, 0.3) is 0 Å². The molecule has 0 fully saturated rings. The lowest BCUT2D eigenvalue weighted by Crippen LogP contribution is -3.11. The number of aromatic amines is 1. The number of rotatable bonds is 9. The average Bonchev–Trinajstić information content (AvgIpc) is 2.95. The van der Waals surface area contributed by atoms with Crippen LogP contribution in [0.15, 0.2) is 24.3 Å². The molecule has 0 spiro atoms. The second-order valence-corrected chi connectivity index (χ2v) is 6.86.